The third kappa shape index (κ3) is 4.18. The number of hydrogen-bond donors (Lipinski definition) is 3. The molecule has 110 valence electrons. The first kappa shape index (κ1) is 15.9. The van der Waals surface area contributed by atoms with Crippen LogP contribution in [0.15, 0.2) is 18.2 Å². The highest BCUT2D eigenvalue weighted by molar-refractivity contribution is 5.92. The zero-order valence-corrected chi connectivity index (χ0v) is 11.3. The van der Waals surface area contributed by atoms with Gasteiger partial charge in [0, 0.05) is 6.07 Å². The summed E-state index contributed by atoms with van der Waals surface area (Å²) in [4.78, 5) is 22.7. The second kappa shape index (κ2) is 5.85. The lowest BCUT2D eigenvalue weighted by Gasteiger charge is -2.27. The topological polar surface area (TPSA) is 78.4 Å². The van der Waals surface area contributed by atoms with Crippen LogP contribution < -0.4 is 10.6 Å². The molecule has 7 heteroatoms. The molecular formula is C13H16F2N2O3. The molecule has 0 spiro atoms. The lowest BCUT2D eigenvalue weighted by atomic mass is 9.87. The Bertz CT molecular complexity index is 527. The molecule has 0 saturated heterocycles. The molecule has 0 saturated carbocycles. The lowest BCUT2D eigenvalue weighted by Crippen LogP contribution is -2.50. The number of halogens is 2. The largest absolute Gasteiger partial charge is 0.480 e. The van der Waals surface area contributed by atoms with Gasteiger partial charge in [-0.15, -0.1) is 0 Å². The summed E-state index contributed by atoms with van der Waals surface area (Å²) < 4.78 is 26.1. The molecule has 0 aliphatic rings. The van der Waals surface area contributed by atoms with E-state index in [0.717, 1.165) is 12.1 Å². The predicted molar refractivity (Wildman–Crippen MR) is 69.4 cm³/mol. The van der Waals surface area contributed by atoms with Crippen molar-refractivity contribution in [2.24, 2.45) is 5.41 Å². The van der Waals surface area contributed by atoms with Crippen LogP contribution in [0.4, 0.5) is 19.3 Å². The molecule has 1 atom stereocenters. The second-order valence-corrected chi connectivity index (χ2v) is 5.36. The molecule has 1 unspecified atom stereocenters. The minimum atomic E-state index is -1.20. The molecule has 1 rings (SSSR count). The van der Waals surface area contributed by atoms with Crippen LogP contribution in [0.25, 0.3) is 0 Å². The number of rotatable bonds is 3. The number of carboxylic acids is 1. The van der Waals surface area contributed by atoms with Gasteiger partial charge in [0.25, 0.3) is 0 Å². The number of aliphatic carboxylic acids is 1. The van der Waals surface area contributed by atoms with Gasteiger partial charge < -0.3 is 15.7 Å². The second-order valence-electron chi connectivity index (χ2n) is 5.36. The number of hydrogen-bond acceptors (Lipinski definition) is 2. The van der Waals surface area contributed by atoms with Crippen molar-refractivity contribution in [3.63, 3.8) is 0 Å². The van der Waals surface area contributed by atoms with Crippen molar-refractivity contribution in [1.82, 2.24) is 5.32 Å². The summed E-state index contributed by atoms with van der Waals surface area (Å²) in [5.41, 5.74) is -0.952. The monoisotopic (exact) mass is 286 g/mol. The number of carbonyl (C=O) groups excluding carboxylic acids is 1. The standard InChI is InChI=1S/C13H16F2N2O3/c1-13(2,3)10(11(18)19)17-12(20)16-9-5-4-7(14)6-8(9)15/h4-6,10H,1-3H3,(H,18,19)(H2,16,17,20). The minimum absolute atomic E-state index is 0.234. The third-order valence-corrected chi connectivity index (χ3v) is 2.57. The molecule has 0 radical (unpaired) electrons. The highest BCUT2D eigenvalue weighted by Gasteiger charge is 2.32. The van der Waals surface area contributed by atoms with Crippen molar-refractivity contribution >= 4 is 17.7 Å². The van der Waals surface area contributed by atoms with Crippen molar-refractivity contribution < 1.29 is 23.5 Å². The van der Waals surface area contributed by atoms with Gasteiger partial charge >= 0.3 is 12.0 Å². The molecule has 5 nitrogen and oxygen atoms in total. The molecule has 0 heterocycles. The van der Waals surface area contributed by atoms with E-state index in [0.29, 0.717) is 6.07 Å². The van der Waals surface area contributed by atoms with Crippen LogP contribution in [0.5, 0.6) is 0 Å². The smallest absolute Gasteiger partial charge is 0.326 e. The quantitative estimate of drug-likeness (QED) is 0.799. The highest BCUT2D eigenvalue weighted by atomic mass is 19.1. The van der Waals surface area contributed by atoms with Crippen molar-refractivity contribution in [2.75, 3.05) is 5.32 Å². The van der Waals surface area contributed by atoms with Gasteiger partial charge in [0.1, 0.15) is 17.7 Å². The fraction of sp³-hybridized carbons (Fsp3) is 0.385. The first-order chi connectivity index (χ1) is 9.11. The Balaban J connectivity index is 2.79. The first-order valence-electron chi connectivity index (χ1n) is 5.86. The Labute approximate surface area is 115 Å². The van der Waals surface area contributed by atoms with Crippen LogP contribution in [0.3, 0.4) is 0 Å². The van der Waals surface area contributed by atoms with Crippen molar-refractivity contribution in [1.29, 1.82) is 0 Å². The molecule has 2 amide bonds. The van der Waals surface area contributed by atoms with Crippen LogP contribution >= 0.6 is 0 Å². The molecule has 0 bridgehead atoms. The van der Waals surface area contributed by atoms with Gasteiger partial charge in [-0.25, -0.2) is 18.4 Å². The molecule has 20 heavy (non-hydrogen) atoms. The number of carboxylic acid groups (broad SMARTS) is 1. The minimum Gasteiger partial charge on any atom is -0.480 e. The van der Waals surface area contributed by atoms with Gasteiger partial charge in [-0.1, -0.05) is 20.8 Å². The summed E-state index contributed by atoms with van der Waals surface area (Å²) in [5.74, 6) is -2.92. The molecule has 3 N–H and O–H groups in total. The maximum absolute atomic E-state index is 13.3. The van der Waals surface area contributed by atoms with Crippen molar-refractivity contribution in [2.45, 2.75) is 26.8 Å². The normalized spacial score (nSPS) is 12.7. The molecule has 0 fully saturated rings. The van der Waals surface area contributed by atoms with E-state index < -0.39 is 35.1 Å². The summed E-state index contributed by atoms with van der Waals surface area (Å²) in [6.45, 7) is 4.93. The molecule has 0 aliphatic heterocycles. The molecule has 0 aromatic heterocycles. The van der Waals surface area contributed by atoms with Gasteiger partial charge in [0.05, 0.1) is 5.69 Å². The molecular weight excluding hydrogens is 270 g/mol. The van der Waals surface area contributed by atoms with Gasteiger partial charge in [-0.05, 0) is 17.5 Å². The van der Waals surface area contributed by atoms with Crippen molar-refractivity contribution in [3.05, 3.63) is 29.8 Å². The number of anilines is 1. The van der Waals surface area contributed by atoms with E-state index in [1.54, 1.807) is 20.8 Å². The Kier molecular flexibility index (Phi) is 4.65. The molecule has 1 aromatic rings. The third-order valence-electron chi connectivity index (χ3n) is 2.57. The van der Waals surface area contributed by atoms with Gasteiger partial charge in [0.2, 0.25) is 0 Å². The maximum atomic E-state index is 13.3. The number of amides is 2. The van der Waals surface area contributed by atoms with E-state index in [4.69, 9.17) is 5.11 Å². The van der Waals surface area contributed by atoms with E-state index in [1.807, 2.05) is 0 Å². The zero-order valence-electron chi connectivity index (χ0n) is 11.3. The first-order valence-corrected chi connectivity index (χ1v) is 5.86. The average molecular weight is 286 g/mol. The van der Waals surface area contributed by atoms with E-state index in [1.165, 1.54) is 0 Å². The van der Waals surface area contributed by atoms with Crippen molar-refractivity contribution in [3.8, 4) is 0 Å². The van der Waals surface area contributed by atoms with Gasteiger partial charge in [-0.3, -0.25) is 0 Å². The fourth-order valence-electron chi connectivity index (χ4n) is 1.53. The zero-order chi connectivity index (χ0) is 15.5. The average Bonchev–Trinajstić information content (AvgIpc) is 2.28. The maximum Gasteiger partial charge on any atom is 0.326 e. The number of benzene rings is 1. The molecule has 1 aromatic carbocycles. The number of carbonyl (C=O) groups is 2. The Hall–Kier alpha value is -2.18. The Morgan fingerprint density at radius 3 is 2.30 bits per heavy atom. The van der Waals surface area contributed by atoms with Gasteiger partial charge in [-0.2, -0.15) is 0 Å². The summed E-state index contributed by atoms with van der Waals surface area (Å²) in [6.07, 6.45) is 0. The number of nitrogens with one attached hydrogen (secondary N) is 2. The fourth-order valence-corrected chi connectivity index (χ4v) is 1.53. The SMILES string of the molecule is CC(C)(C)C(NC(=O)Nc1ccc(F)cc1F)C(=O)O. The van der Waals surface area contributed by atoms with E-state index >= 15 is 0 Å². The van der Waals surface area contributed by atoms with E-state index in [-0.39, 0.29) is 5.69 Å². The highest BCUT2D eigenvalue weighted by Crippen LogP contribution is 2.20. The Morgan fingerprint density at radius 1 is 1.25 bits per heavy atom. The lowest BCUT2D eigenvalue weighted by molar-refractivity contribution is -0.141. The van der Waals surface area contributed by atoms with Crippen LogP contribution in [-0.4, -0.2) is 23.1 Å². The van der Waals surface area contributed by atoms with Crippen LogP contribution in [0, 0.1) is 17.0 Å². The summed E-state index contributed by atoms with van der Waals surface area (Å²) >= 11 is 0. The number of urea groups is 1. The van der Waals surface area contributed by atoms with Gasteiger partial charge in [0.15, 0.2) is 0 Å². The van der Waals surface area contributed by atoms with Crippen LogP contribution in [0.1, 0.15) is 20.8 Å². The summed E-state index contributed by atoms with van der Waals surface area (Å²) in [7, 11) is 0. The van der Waals surface area contributed by atoms with E-state index in [2.05, 4.69) is 10.6 Å². The van der Waals surface area contributed by atoms with E-state index in [9.17, 15) is 18.4 Å². The predicted octanol–water partition coefficient (Wildman–Crippen LogP) is 2.59. The molecule has 0 aliphatic carbocycles. The van der Waals surface area contributed by atoms with Crippen LogP contribution in [0.2, 0.25) is 0 Å². The summed E-state index contributed by atoms with van der Waals surface area (Å²) in [5, 5.41) is 13.4. The summed E-state index contributed by atoms with van der Waals surface area (Å²) in [6, 6.07) is 0.631. The van der Waals surface area contributed by atoms with Crippen LogP contribution in [-0.2, 0) is 4.79 Å². The Morgan fingerprint density at radius 2 is 1.85 bits per heavy atom.